The van der Waals surface area contributed by atoms with Gasteiger partial charge in [0.15, 0.2) is 11.5 Å². The molecule has 0 atom stereocenters. The number of aryl methyl sites for hydroxylation is 1. The van der Waals surface area contributed by atoms with Crippen molar-refractivity contribution < 1.29 is 21.7 Å². The van der Waals surface area contributed by atoms with E-state index in [1.165, 1.54) is 18.2 Å². The quantitative estimate of drug-likeness (QED) is 0.795. The third-order valence-corrected chi connectivity index (χ3v) is 4.15. The van der Waals surface area contributed by atoms with Gasteiger partial charge in [-0.05, 0) is 43.7 Å². The third kappa shape index (κ3) is 3.52. The van der Waals surface area contributed by atoms with E-state index in [-0.39, 0.29) is 10.6 Å². The molecule has 112 valence electrons. The first-order valence-corrected chi connectivity index (χ1v) is 7.77. The van der Waals surface area contributed by atoms with Crippen LogP contribution in [0, 0.1) is 12.7 Å². The molecule has 0 aliphatic heterocycles. The Balaban J connectivity index is 2.40. The minimum absolute atomic E-state index is 0.0722. The molecule has 0 fully saturated rings. The minimum Gasteiger partial charge on any atom is -0.490 e. The van der Waals surface area contributed by atoms with Gasteiger partial charge in [-0.15, -0.1) is 0 Å². The Bertz CT molecular complexity index is 741. The molecule has 0 spiro atoms. The van der Waals surface area contributed by atoms with Gasteiger partial charge in [0.25, 0.3) is 0 Å². The maximum atomic E-state index is 13.3. The van der Waals surface area contributed by atoms with Crippen LogP contribution in [0.25, 0.3) is 0 Å². The Morgan fingerprint density at radius 3 is 2.43 bits per heavy atom. The highest BCUT2D eigenvalue weighted by Gasteiger charge is 2.21. The minimum atomic E-state index is -4.13. The van der Waals surface area contributed by atoms with Crippen molar-refractivity contribution in [1.29, 1.82) is 0 Å². The van der Waals surface area contributed by atoms with Gasteiger partial charge in [-0.3, -0.25) is 0 Å². The van der Waals surface area contributed by atoms with Crippen LogP contribution in [0.1, 0.15) is 12.5 Å². The zero-order valence-corrected chi connectivity index (χ0v) is 12.5. The highest BCUT2D eigenvalue weighted by molar-refractivity contribution is 7.87. The van der Waals surface area contributed by atoms with Gasteiger partial charge in [-0.1, -0.05) is 18.2 Å². The fourth-order valence-electron chi connectivity index (χ4n) is 1.80. The Morgan fingerprint density at radius 1 is 1.10 bits per heavy atom. The molecule has 0 unspecified atom stereocenters. The van der Waals surface area contributed by atoms with Crippen molar-refractivity contribution in [2.45, 2.75) is 18.7 Å². The second-order valence-electron chi connectivity index (χ2n) is 4.33. The van der Waals surface area contributed by atoms with Crippen LogP contribution >= 0.6 is 0 Å². The summed E-state index contributed by atoms with van der Waals surface area (Å²) in [5.41, 5.74) is 0.408. The van der Waals surface area contributed by atoms with Crippen molar-refractivity contribution in [1.82, 2.24) is 0 Å². The molecule has 0 aliphatic rings. The molecule has 0 N–H and O–H groups in total. The lowest BCUT2D eigenvalue weighted by Gasteiger charge is -2.12. The van der Waals surface area contributed by atoms with Gasteiger partial charge >= 0.3 is 10.1 Å². The van der Waals surface area contributed by atoms with Crippen molar-refractivity contribution in [3.8, 4) is 11.5 Å². The monoisotopic (exact) mass is 310 g/mol. The molecule has 0 amide bonds. The normalized spacial score (nSPS) is 11.2. The van der Waals surface area contributed by atoms with Crippen LogP contribution in [0.15, 0.2) is 47.4 Å². The van der Waals surface area contributed by atoms with E-state index in [0.717, 1.165) is 6.07 Å². The first-order valence-electron chi connectivity index (χ1n) is 6.36. The van der Waals surface area contributed by atoms with Gasteiger partial charge in [0.2, 0.25) is 0 Å². The summed E-state index contributed by atoms with van der Waals surface area (Å²) in [6, 6.07) is 9.95. The number of hydrogen-bond donors (Lipinski definition) is 0. The van der Waals surface area contributed by atoms with Gasteiger partial charge in [0.1, 0.15) is 10.7 Å². The molecule has 0 saturated carbocycles. The third-order valence-electron chi connectivity index (χ3n) is 2.77. The molecule has 4 nitrogen and oxygen atoms in total. The number of hydrogen-bond acceptors (Lipinski definition) is 4. The number of rotatable bonds is 5. The van der Waals surface area contributed by atoms with E-state index in [4.69, 9.17) is 8.92 Å². The predicted octanol–water partition coefficient (Wildman–Crippen LogP) is 3.30. The van der Waals surface area contributed by atoms with E-state index >= 15 is 0 Å². The second-order valence-corrected chi connectivity index (χ2v) is 5.84. The maximum absolute atomic E-state index is 13.3. The van der Waals surface area contributed by atoms with E-state index in [2.05, 4.69) is 0 Å². The van der Waals surface area contributed by atoms with Crippen molar-refractivity contribution in [2.75, 3.05) is 6.61 Å². The lowest BCUT2D eigenvalue weighted by atomic mass is 10.2. The summed E-state index contributed by atoms with van der Waals surface area (Å²) in [5.74, 6) is -0.249. The maximum Gasteiger partial charge on any atom is 0.339 e. The lowest BCUT2D eigenvalue weighted by Crippen LogP contribution is -2.12. The van der Waals surface area contributed by atoms with Gasteiger partial charge in [-0.25, -0.2) is 4.39 Å². The first-order chi connectivity index (χ1) is 9.94. The molecule has 2 rings (SSSR count). The molecule has 0 heterocycles. The fourth-order valence-corrected chi connectivity index (χ4v) is 2.98. The smallest absolute Gasteiger partial charge is 0.339 e. The van der Waals surface area contributed by atoms with Crippen molar-refractivity contribution in [3.05, 3.63) is 53.8 Å². The molecule has 0 aromatic heterocycles. The van der Waals surface area contributed by atoms with Crippen LogP contribution in [0.5, 0.6) is 11.5 Å². The van der Waals surface area contributed by atoms with Crippen LogP contribution in [0.3, 0.4) is 0 Å². The topological polar surface area (TPSA) is 52.6 Å². The molecule has 0 bridgehead atoms. The number of para-hydroxylation sites is 2. The molecule has 0 aliphatic carbocycles. The van der Waals surface area contributed by atoms with Gasteiger partial charge in [0, 0.05) is 0 Å². The molecule has 0 radical (unpaired) electrons. The predicted molar refractivity (Wildman–Crippen MR) is 76.6 cm³/mol. The average molecular weight is 310 g/mol. The van der Waals surface area contributed by atoms with Crippen LogP contribution in [0.2, 0.25) is 0 Å². The Kier molecular flexibility index (Phi) is 4.47. The van der Waals surface area contributed by atoms with E-state index in [0.29, 0.717) is 17.9 Å². The van der Waals surface area contributed by atoms with Crippen LogP contribution in [-0.2, 0) is 10.1 Å². The SMILES string of the molecule is CCOc1ccccc1OS(=O)(=O)c1cc(F)ccc1C. The van der Waals surface area contributed by atoms with Gasteiger partial charge < -0.3 is 8.92 Å². The summed E-state index contributed by atoms with van der Waals surface area (Å²) in [5, 5.41) is 0. The van der Waals surface area contributed by atoms with E-state index in [9.17, 15) is 12.8 Å². The van der Waals surface area contributed by atoms with Crippen LogP contribution in [0.4, 0.5) is 4.39 Å². The lowest BCUT2D eigenvalue weighted by molar-refractivity contribution is 0.327. The summed E-state index contributed by atoms with van der Waals surface area (Å²) >= 11 is 0. The zero-order chi connectivity index (χ0) is 15.5. The Morgan fingerprint density at radius 2 is 1.76 bits per heavy atom. The fraction of sp³-hybridized carbons (Fsp3) is 0.200. The Labute approximate surface area is 123 Å². The van der Waals surface area contributed by atoms with E-state index in [1.54, 1.807) is 32.0 Å². The molecule has 21 heavy (non-hydrogen) atoms. The van der Waals surface area contributed by atoms with Gasteiger partial charge in [0.05, 0.1) is 6.61 Å². The number of halogens is 1. The molecule has 2 aromatic rings. The van der Waals surface area contributed by atoms with Crippen molar-refractivity contribution >= 4 is 10.1 Å². The molecular weight excluding hydrogens is 295 g/mol. The first kappa shape index (κ1) is 15.3. The Hall–Kier alpha value is -2.08. The highest BCUT2D eigenvalue weighted by Crippen LogP contribution is 2.30. The van der Waals surface area contributed by atoms with Crippen molar-refractivity contribution in [3.63, 3.8) is 0 Å². The van der Waals surface area contributed by atoms with E-state index < -0.39 is 15.9 Å². The number of ether oxygens (including phenoxy) is 1. The van der Waals surface area contributed by atoms with Crippen molar-refractivity contribution in [2.24, 2.45) is 0 Å². The summed E-state index contributed by atoms with van der Waals surface area (Å²) in [6.07, 6.45) is 0. The summed E-state index contributed by atoms with van der Waals surface area (Å²) < 4.78 is 48.2. The average Bonchev–Trinajstić information content (AvgIpc) is 2.43. The van der Waals surface area contributed by atoms with Crippen LogP contribution in [-0.4, -0.2) is 15.0 Å². The largest absolute Gasteiger partial charge is 0.490 e. The molecule has 2 aromatic carbocycles. The molecular formula is C15H15FO4S. The van der Waals surface area contributed by atoms with Gasteiger partial charge in [-0.2, -0.15) is 8.42 Å². The summed E-state index contributed by atoms with van der Waals surface area (Å²) in [7, 11) is -4.13. The summed E-state index contributed by atoms with van der Waals surface area (Å²) in [4.78, 5) is -0.200. The summed E-state index contributed by atoms with van der Waals surface area (Å²) in [6.45, 7) is 3.73. The highest BCUT2D eigenvalue weighted by atomic mass is 32.2. The molecule has 0 saturated heterocycles. The molecule has 6 heteroatoms. The zero-order valence-electron chi connectivity index (χ0n) is 11.7. The standard InChI is InChI=1S/C15H15FO4S/c1-3-19-13-6-4-5-7-14(13)20-21(17,18)15-10-12(16)9-8-11(15)2/h4-10H,3H2,1-2H3. The van der Waals surface area contributed by atoms with E-state index in [1.807, 2.05) is 0 Å². The van der Waals surface area contributed by atoms with Crippen LogP contribution < -0.4 is 8.92 Å². The second kappa shape index (κ2) is 6.13. The number of benzene rings is 2.